The molecule has 1 aromatic carbocycles. The van der Waals surface area contributed by atoms with Crippen LogP contribution in [0, 0.1) is 0 Å². The molecule has 0 aliphatic rings. The number of phenolic OH excluding ortho intramolecular Hbond substituents is 1. The second-order valence-corrected chi connectivity index (χ2v) is 4.53. The van der Waals surface area contributed by atoms with Crippen molar-refractivity contribution >= 4 is 5.82 Å². The average Bonchev–Trinajstić information content (AvgIpc) is 2.37. The molecule has 106 valence electrons. The number of benzene rings is 1. The van der Waals surface area contributed by atoms with Crippen molar-refractivity contribution in [3.05, 3.63) is 42.1 Å². The average molecular weight is 282 g/mol. The van der Waals surface area contributed by atoms with Crippen LogP contribution in [-0.4, -0.2) is 24.2 Å². The first-order valence-electron chi connectivity index (χ1n) is 5.83. The number of phenols is 1. The third-order valence-corrected chi connectivity index (χ3v) is 2.80. The van der Waals surface area contributed by atoms with Crippen LogP contribution in [0.3, 0.4) is 0 Å². The van der Waals surface area contributed by atoms with Crippen LogP contribution in [0.15, 0.2) is 36.5 Å². The second-order valence-electron chi connectivity index (χ2n) is 4.53. The van der Waals surface area contributed by atoms with Crippen molar-refractivity contribution in [1.29, 1.82) is 0 Å². The first kappa shape index (κ1) is 14.2. The minimum Gasteiger partial charge on any atom is -0.508 e. The van der Waals surface area contributed by atoms with Crippen LogP contribution in [0.1, 0.15) is 5.56 Å². The molecule has 0 fully saturated rings. The van der Waals surface area contributed by atoms with Gasteiger partial charge < -0.3 is 10.0 Å². The molecule has 0 saturated carbocycles. The van der Waals surface area contributed by atoms with Crippen molar-refractivity contribution in [1.82, 2.24) is 4.98 Å². The highest BCUT2D eigenvalue weighted by molar-refractivity contribution is 5.76. The highest BCUT2D eigenvalue weighted by Gasteiger charge is 2.32. The Bertz CT molecular complexity index is 607. The van der Waals surface area contributed by atoms with E-state index in [-0.39, 0.29) is 5.75 Å². The van der Waals surface area contributed by atoms with Gasteiger partial charge in [-0.05, 0) is 23.8 Å². The molecule has 0 spiro atoms. The Morgan fingerprint density at radius 3 is 2.20 bits per heavy atom. The van der Waals surface area contributed by atoms with Gasteiger partial charge in [0.05, 0.1) is 5.56 Å². The Balaban J connectivity index is 2.61. The van der Waals surface area contributed by atoms with Gasteiger partial charge in [0.2, 0.25) is 0 Å². The topological polar surface area (TPSA) is 36.4 Å². The number of halogens is 3. The van der Waals surface area contributed by atoms with E-state index in [1.165, 1.54) is 12.1 Å². The summed E-state index contributed by atoms with van der Waals surface area (Å²) in [5, 5.41) is 9.26. The van der Waals surface area contributed by atoms with Crippen molar-refractivity contribution in [2.45, 2.75) is 6.18 Å². The maximum atomic E-state index is 12.8. The van der Waals surface area contributed by atoms with Crippen LogP contribution in [0.5, 0.6) is 5.75 Å². The fourth-order valence-electron chi connectivity index (χ4n) is 1.82. The first-order chi connectivity index (χ1) is 9.29. The molecule has 0 atom stereocenters. The van der Waals surface area contributed by atoms with Gasteiger partial charge in [0, 0.05) is 25.9 Å². The summed E-state index contributed by atoms with van der Waals surface area (Å²) in [6, 6.07) is 7.03. The van der Waals surface area contributed by atoms with E-state index in [9.17, 15) is 18.3 Å². The summed E-state index contributed by atoms with van der Waals surface area (Å²) in [7, 11) is 3.42. The number of anilines is 1. The number of hydrogen-bond donors (Lipinski definition) is 1. The van der Waals surface area contributed by atoms with Gasteiger partial charge in [0.25, 0.3) is 0 Å². The Morgan fingerprint density at radius 1 is 1.10 bits per heavy atom. The zero-order chi connectivity index (χ0) is 14.9. The Labute approximate surface area is 114 Å². The molecule has 6 heteroatoms. The standard InChI is InChI=1S/C14H13F3N2O/c1-19(2)13-12(9-3-5-11(20)6-4-9)7-10(8-18-13)14(15,16)17/h3-8,20H,1-2H3. The Hall–Kier alpha value is -2.24. The summed E-state index contributed by atoms with van der Waals surface area (Å²) in [5.74, 6) is 0.490. The van der Waals surface area contributed by atoms with Crippen molar-refractivity contribution in [2.24, 2.45) is 0 Å². The summed E-state index contributed by atoms with van der Waals surface area (Å²) in [5.41, 5.74) is 0.126. The van der Waals surface area contributed by atoms with Gasteiger partial charge in [0.1, 0.15) is 11.6 Å². The predicted octanol–water partition coefficient (Wildman–Crippen LogP) is 3.54. The maximum Gasteiger partial charge on any atom is 0.417 e. The van der Waals surface area contributed by atoms with E-state index in [4.69, 9.17) is 0 Å². The van der Waals surface area contributed by atoms with Crippen LogP contribution in [0.4, 0.5) is 19.0 Å². The van der Waals surface area contributed by atoms with E-state index < -0.39 is 11.7 Å². The van der Waals surface area contributed by atoms with E-state index in [0.717, 1.165) is 12.3 Å². The quantitative estimate of drug-likeness (QED) is 0.915. The van der Waals surface area contributed by atoms with Crippen LogP contribution in [-0.2, 0) is 6.18 Å². The third kappa shape index (κ3) is 2.84. The number of alkyl halides is 3. The monoisotopic (exact) mass is 282 g/mol. The molecule has 0 amide bonds. The SMILES string of the molecule is CN(C)c1ncc(C(F)(F)F)cc1-c1ccc(O)cc1. The number of nitrogens with zero attached hydrogens (tertiary/aromatic N) is 2. The summed E-state index contributed by atoms with van der Waals surface area (Å²) in [4.78, 5) is 5.53. The van der Waals surface area contributed by atoms with Crippen LogP contribution >= 0.6 is 0 Å². The van der Waals surface area contributed by atoms with E-state index in [1.807, 2.05) is 0 Å². The Morgan fingerprint density at radius 2 is 1.70 bits per heavy atom. The van der Waals surface area contributed by atoms with Gasteiger partial charge in [-0.25, -0.2) is 4.98 Å². The highest BCUT2D eigenvalue weighted by Crippen LogP contribution is 2.35. The van der Waals surface area contributed by atoms with Gasteiger partial charge >= 0.3 is 6.18 Å². The fourth-order valence-corrected chi connectivity index (χ4v) is 1.82. The van der Waals surface area contributed by atoms with Crippen molar-refractivity contribution < 1.29 is 18.3 Å². The van der Waals surface area contributed by atoms with E-state index >= 15 is 0 Å². The summed E-state index contributed by atoms with van der Waals surface area (Å²) in [6.45, 7) is 0. The van der Waals surface area contributed by atoms with Crippen molar-refractivity contribution in [2.75, 3.05) is 19.0 Å². The smallest absolute Gasteiger partial charge is 0.417 e. The Kier molecular flexibility index (Phi) is 3.57. The molecular formula is C14H13F3N2O. The highest BCUT2D eigenvalue weighted by atomic mass is 19.4. The predicted molar refractivity (Wildman–Crippen MR) is 70.7 cm³/mol. The molecule has 1 aromatic heterocycles. The van der Waals surface area contributed by atoms with E-state index in [1.54, 1.807) is 31.1 Å². The molecule has 1 heterocycles. The number of hydrogen-bond acceptors (Lipinski definition) is 3. The lowest BCUT2D eigenvalue weighted by Gasteiger charge is -2.18. The van der Waals surface area contributed by atoms with Gasteiger partial charge in [-0.1, -0.05) is 12.1 Å². The second kappa shape index (κ2) is 5.03. The lowest BCUT2D eigenvalue weighted by molar-refractivity contribution is -0.137. The number of pyridine rings is 1. The van der Waals surface area contributed by atoms with Crippen LogP contribution < -0.4 is 4.90 Å². The van der Waals surface area contributed by atoms with Crippen molar-refractivity contribution in [3.63, 3.8) is 0 Å². The van der Waals surface area contributed by atoms with Crippen LogP contribution in [0.25, 0.3) is 11.1 Å². The molecule has 1 N–H and O–H groups in total. The molecule has 3 nitrogen and oxygen atoms in total. The lowest BCUT2D eigenvalue weighted by Crippen LogP contribution is -2.14. The number of aromatic nitrogens is 1. The molecule has 0 radical (unpaired) electrons. The zero-order valence-electron chi connectivity index (χ0n) is 10.9. The summed E-state index contributed by atoms with van der Waals surface area (Å²) >= 11 is 0. The van der Waals surface area contributed by atoms with E-state index in [0.29, 0.717) is 16.9 Å². The third-order valence-electron chi connectivity index (χ3n) is 2.80. The first-order valence-corrected chi connectivity index (χ1v) is 5.83. The fraction of sp³-hybridized carbons (Fsp3) is 0.214. The minimum atomic E-state index is -4.44. The zero-order valence-corrected chi connectivity index (χ0v) is 10.9. The maximum absolute atomic E-state index is 12.8. The number of rotatable bonds is 2. The van der Waals surface area contributed by atoms with E-state index in [2.05, 4.69) is 4.98 Å². The molecule has 2 rings (SSSR count). The van der Waals surface area contributed by atoms with Gasteiger partial charge in [-0.2, -0.15) is 13.2 Å². The molecule has 0 unspecified atom stereocenters. The number of aromatic hydroxyl groups is 1. The summed E-state index contributed by atoms with van der Waals surface area (Å²) < 4.78 is 38.4. The molecule has 0 saturated heterocycles. The van der Waals surface area contributed by atoms with Gasteiger partial charge in [-0.3, -0.25) is 0 Å². The largest absolute Gasteiger partial charge is 0.508 e. The minimum absolute atomic E-state index is 0.0556. The molecule has 0 bridgehead atoms. The molecule has 0 aliphatic carbocycles. The molecule has 0 aliphatic heterocycles. The molecule has 2 aromatic rings. The molecule has 20 heavy (non-hydrogen) atoms. The molecular weight excluding hydrogens is 269 g/mol. The normalized spacial score (nSPS) is 11.4. The summed E-state index contributed by atoms with van der Waals surface area (Å²) in [6.07, 6.45) is -3.62. The van der Waals surface area contributed by atoms with Crippen LogP contribution in [0.2, 0.25) is 0 Å². The lowest BCUT2D eigenvalue weighted by atomic mass is 10.0. The van der Waals surface area contributed by atoms with Gasteiger partial charge in [-0.15, -0.1) is 0 Å². The van der Waals surface area contributed by atoms with Crippen molar-refractivity contribution in [3.8, 4) is 16.9 Å². The van der Waals surface area contributed by atoms with Gasteiger partial charge in [0.15, 0.2) is 0 Å².